The summed E-state index contributed by atoms with van der Waals surface area (Å²) in [5.74, 6) is 0. The lowest BCUT2D eigenvalue weighted by Crippen LogP contribution is -2.60. The van der Waals surface area contributed by atoms with Crippen molar-refractivity contribution < 1.29 is 29.2 Å². The number of hydrogen-bond donors (Lipinski definition) is 2. The molecule has 2 N–H and O–H groups in total. The lowest BCUT2D eigenvalue weighted by molar-refractivity contribution is -0.361. The van der Waals surface area contributed by atoms with Gasteiger partial charge < -0.3 is 29.2 Å². The second-order valence-corrected chi connectivity index (χ2v) is 4.09. The molecule has 0 bridgehead atoms. The van der Waals surface area contributed by atoms with E-state index in [-0.39, 0.29) is 19.0 Å². The van der Waals surface area contributed by atoms with Crippen molar-refractivity contribution in [3.8, 4) is 0 Å². The van der Waals surface area contributed by atoms with Crippen molar-refractivity contribution in [1.82, 2.24) is 0 Å². The molecule has 6 unspecified atom stereocenters. The van der Waals surface area contributed by atoms with Crippen molar-refractivity contribution in [1.29, 1.82) is 0 Å². The van der Waals surface area contributed by atoms with Crippen LogP contribution in [0.2, 0.25) is 0 Å². The van der Waals surface area contributed by atoms with Crippen LogP contribution in [-0.4, -0.2) is 60.4 Å². The molecule has 16 heavy (non-hydrogen) atoms. The molecule has 0 saturated carbocycles. The fourth-order valence-electron chi connectivity index (χ4n) is 2.07. The van der Waals surface area contributed by atoms with E-state index >= 15 is 0 Å². The average molecular weight is 234 g/mol. The van der Waals surface area contributed by atoms with E-state index in [0.717, 1.165) is 0 Å². The molecule has 0 aromatic carbocycles. The second kappa shape index (κ2) is 4.95. The van der Waals surface area contributed by atoms with Gasteiger partial charge in [-0.2, -0.15) is 0 Å². The number of ether oxygens (including phenoxy) is 4. The van der Waals surface area contributed by atoms with Gasteiger partial charge in [0.05, 0.1) is 13.2 Å². The zero-order valence-corrected chi connectivity index (χ0v) is 9.41. The monoisotopic (exact) mass is 234 g/mol. The summed E-state index contributed by atoms with van der Waals surface area (Å²) in [6, 6.07) is 0. The van der Waals surface area contributed by atoms with Crippen LogP contribution in [0.15, 0.2) is 0 Å². The first-order valence-corrected chi connectivity index (χ1v) is 5.48. The Morgan fingerprint density at radius 2 is 1.94 bits per heavy atom. The molecular formula is C10H18O6. The van der Waals surface area contributed by atoms with Crippen LogP contribution in [0.1, 0.15) is 13.8 Å². The molecule has 0 aliphatic carbocycles. The van der Waals surface area contributed by atoms with Crippen LogP contribution in [0.5, 0.6) is 0 Å². The van der Waals surface area contributed by atoms with Crippen LogP contribution in [-0.2, 0) is 18.9 Å². The van der Waals surface area contributed by atoms with Gasteiger partial charge in [-0.05, 0) is 13.8 Å². The van der Waals surface area contributed by atoms with Gasteiger partial charge in [0.15, 0.2) is 12.6 Å². The maximum absolute atomic E-state index is 9.67. The summed E-state index contributed by atoms with van der Waals surface area (Å²) in [6.45, 7) is 3.56. The standard InChI is InChI=1S/C10H18O6/c1-5-13-4-8-10(15-5)9(7(12)3-11)16-6(2)14-8/h5-12H,3-4H2,1-2H3. The third-order valence-corrected chi connectivity index (χ3v) is 2.82. The third-order valence-electron chi connectivity index (χ3n) is 2.82. The topological polar surface area (TPSA) is 77.4 Å². The first-order chi connectivity index (χ1) is 7.61. The van der Waals surface area contributed by atoms with Crippen molar-refractivity contribution >= 4 is 0 Å². The maximum atomic E-state index is 9.67. The van der Waals surface area contributed by atoms with E-state index in [1.807, 2.05) is 0 Å². The van der Waals surface area contributed by atoms with E-state index < -0.39 is 24.6 Å². The van der Waals surface area contributed by atoms with Gasteiger partial charge in [0.2, 0.25) is 0 Å². The molecule has 2 heterocycles. The second-order valence-electron chi connectivity index (χ2n) is 4.09. The summed E-state index contributed by atoms with van der Waals surface area (Å²) >= 11 is 0. The fourth-order valence-corrected chi connectivity index (χ4v) is 2.07. The Labute approximate surface area is 94.1 Å². The molecule has 2 rings (SSSR count). The highest BCUT2D eigenvalue weighted by molar-refractivity contribution is 4.89. The summed E-state index contributed by atoms with van der Waals surface area (Å²) in [5.41, 5.74) is 0. The molecule has 2 saturated heterocycles. The van der Waals surface area contributed by atoms with Crippen LogP contribution in [0.3, 0.4) is 0 Å². The molecular weight excluding hydrogens is 216 g/mol. The fraction of sp³-hybridized carbons (Fsp3) is 1.00. The molecule has 0 aromatic heterocycles. The molecule has 6 nitrogen and oxygen atoms in total. The summed E-state index contributed by atoms with van der Waals surface area (Å²) in [4.78, 5) is 0. The Balaban J connectivity index is 2.08. The zero-order chi connectivity index (χ0) is 11.7. The average Bonchev–Trinajstić information content (AvgIpc) is 2.27. The molecule has 0 radical (unpaired) electrons. The Morgan fingerprint density at radius 3 is 2.62 bits per heavy atom. The number of aliphatic hydroxyl groups excluding tert-OH is 2. The largest absolute Gasteiger partial charge is 0.394 e. The summed E-state index contributed by atoms with van der Waals surface area (Å²) < 4.78 is 21.8. The summed E-state index contributed by atoms with van der Waals surface area (Å²) in [7, 11) is 0. The van der Waals surface area contributed by atoms with E-state index in [1.165, 1.54) is 0 Å². The minimum absolute atomic E-state index is 0.258. The smallest absolute Gasteiger partial charge is 0.156 e. The van der Waals surface area contributed by atoms with Crippen molar-refractivity contribution in [2.45, 2.75) is 50.8 Å². The Bertz CT molecular complexity index is 233. The molecule has 2 aliphatic rings. The van der Waals surface area contributed by atoms with Crippen LogP contribution >= 0.6 is 0 Å². The van der Waals surface area contributed by atoms with Crippen molar-refractivity contribution in [2.24, 2.45) is 0 Å². The van der Waals surface area contributed by atoms with Crippen LogP contribution in [0.4, 0.5) is 0 Å². The normalized spacial score (nSPS) is 46.1. The van der Waals surface area contributed by atoms with E-state index in [4.69, 9.17) is 24.1 Å². The minimum Gasteiger partial charge on any atom is -0.394 e. The Morgan fingerprint density at radius 1 is 1.19 bits per heavy atom. The molecule has 94 valence electrons. The van der Waals surface area contributed by atoms with Crippen molar-refractivity contribution in [3.05, 3.63) is 0 Å². The summed E-state index contributed by atoms with van der Waals surface area (Å²) in [6.07, 6.45) is -2.99. The van der Waals surface area contributed by atoms with Gasteiger partial charge >= 0.3 is 0 Å². The lowest BCUT2D eigenvalue weighted by Gasteiger charge is -2.45. The first kappa shape index (κ1) is 12.2. The zero-order valence-electron chi connectivity index (χ0n) is 9.41. The molecule has 6 atom stereocenters. The van der Waals surface area contributed by atoms with Gasteiger partial charge in [-0.15, -0.1) is 0 Å². The number of fused-ring (bicyclic) bond motifs is 1. The van der Waals surface area contributed by atoms with E-state index in [2.05, 4.69) is 0 Å². The van der Waals surface area contributed by atoms with Crippen LogP contribution in [0, 0.1) is 0 Å². The Kier molecular flexibility index (Phi) is 3.78. The van der Waals surface area contributed by atoms with Gasteiger partial charge in [-0.25, -0.2) is 0 Å². The molecule has 0 spiro atoms. The summed E-state index contributed by atoms with van der Waals surface area (Å²) in [5, 5.41) is 18.6. The first-order valence-electron chi connectivity index (χ1n) is 5.48. The molecule has 6 heteroatoms. The lowest BCUT2D eigenvalue weighted by atomic mass is 10.0. The van der Waals surface area contributed by atoms with Gasteiger partial charge in [0.25, 0.3) is 0 Å². The van der Waals surface area contributed by atoms with Crippen molar-refractivity contribution in [2.75, 3.05) is 13.2 Å². The molecule has 0 aromatic rings. The SMILES string of the molecule is CC1OC2COC(C)OC2C(C(O)CO)O1. The number of aliphatic hydroxyl groups is 2. The van der Waals surface area contributed by atoms with Gasteiger partial charge in [0, 0.05) is 0 Å². The molecule has 2 fully saturated rings. The highest BCUT2D eigenvalue weighted by Crippen LogP contribution is 2.28. The predicted molar refractivity (Wildman–Crippen MR) is 52.6 cm³/mol. The maximum Gasteiger partial charge on any atom is 0.156 e. The molecule has 0 amide bonds. The quantitative estimate of drug-likeness (QED) is 0.653. The van der Waals surface area contributed by atoms with Gasteiger partial charge in [-0.1, -0.05) is 0 Å². The number of hydrogen-bond acceptors (Lipinski definition) is 6. The van der Waals surface area contributed by atoms with E-state index in [0.29, 0.717) is 6.61 Å². The van der Waals surface area contributed by atoms with Gasteiger partial charge in [-0.3, -0.25) is 0 Å². The minimum atomic E-state index is -0.968. The van der Waals surface area contributed by atoms with Crippen molar-refractivity contribution in [3.63, 3.8) is 0 Å². The van der Waals surface area contributed by atoms with Gasteiger partial charge in [0.1, 0.15) is 24.4 Å². The Hall–Kier alpha value is -0.240. The highest BCUT2D eigenvalue weighted by Gasteiger charge is 2.45. The van der Waals surface area contributed by atoms with E-state index in [9.17, 15) is 5.11 Å². The number of rotatable bonds is 2. The highest BCUT2D eigenvalue weighted by atomic mass is 16.8. The van der Waals surface area contributed by atoms with E-state index in [1.54, 1.807) is 13.8 Å². The van der Waals surface area contributed by atoms with Crippen LogP contribution in [0.25, 0.3) is 0 Å². The third kappa shape index (κ3) is 2.37. The van der Waals surface area contributed by atoms with Crippen LogP contribution < -0.4 is 0 Å². The predicted octanol–water partition coefficient (Wildman–Crippen LogP) is -0.769. The molecule has 2 aliphatic heterocycles.